The van der Waals surface area contributed by atoms with Gasteiger partial charge in [0, 0.05) is 26.2 Å². The van der Waals surface area contributed by atoms with Crippen LogP contribution in [0, 0.1) is 0 Å². The first kappa shape index (κ1) is 10.8. The number of benzene rings is 1. The Morgan fingerprint density at radius 2 is 2.07 bits per heavy atom. The van der Waals surface area contributed by atoms with Gasteiger partial charge in [0.2, 0.25) is 0 Å². The Hall–Kier alpha value is -1.31. The van der Waals surface area contributed by atoms with E-state index >= 15 is 0 Å². The van der Waals surface area contributed by atoms with Gasteiger partial charge >= 0.3 is 0 Å². The molecule has 0 aromatic heterocycles. The lowest BCUT2D eigenvalue weighted by molar-refractivity contribution is -0.116. The molecule has 2 heteroatoms. The molecular formula is C12H17NO. The minimum Gasteiger partial charge on any atom is -0.378 e. The Balaban J connectivity index is 2.68. The molecule has 0 saturated heterocycles. The Kier molecular flexibility index (Phi) is 3.69. The zero-order valence-corrected chi connectivity index (χ0v) is 9.08. The first-order valence-corrected chi connectivity index (χ1v) is 4.85. The van der Waals surface area contributed by atoms with Gasteiger partial charge in [-0.2, -0.15) is 0 Å². The zero-order valence-electron chi connectivity index (χ0n) is 9.08. The minimum atomic E-state index is 0.250. The Bertz CT molecular complexity index is 318. The van der Waals surface area contributed by atoms with Crippen LogP contribution in [0.4, 0.5) is 5.69 Å². The van der Waals surface area contributed by atoms with Crippen molar-refractivity contribution < 1.29 is 4.79 Å². The summed E-state index contributed by atoms with van der Waals surface area (Å²) in [5.41, 5.74) is 2.41. The number of hydrogen-bond donors (Lipinski definition) is 0. The van der Waals surface area contributed by atoms with Gasteiger partial charge in [0.15, 0.2) is 0 Å². The maximum atomic E-state index is 10.8. The number of nitrogens with zero attached hydrogens (tertiary/aromatic N) is 1. The molecule has 0 bridgehead atoms. The van der Waals surface area contributed by atoms with Crippen LogP contribution in [0.5, 0.6) is 0 Å². The summed E-state index contributed by atoms with van der Waals surface area (Å²) in [5, 5.41) is 0. The topological polar surface area (TPSA) is 20.3 Å². The van der Waals surface area contributed by atoms with Crippen LogP contribution in [0.25, 0.3) is 0 Å². The van der Waals surface area contributed by atoms with Crippen molar-refractivity contribution in [1.82, 2.24) is 0 Å². The molecule has 1 aromatic carbocycles. The molecular weight excluding hydrogens is 174 g/mol. The molecule has 0 aliphatic heterocycles. The van der Waals surface area contributed by atoms with Gasteiger partial charge in [-0.25, -0.2) is 0 Å². The number of carbonyl (C=O) groups excluding carboxylic acids is 1. The molecule has 1 aromatic rings. The molecule has 1 rings (SSSR count). The van der Waals surface area contributed by atoms with Gasteiger partial charge in [0.05, 0.1) is 0 Å². The Morgan fingerprint density at radius 1 is 1.36 bits per heavy atom. The molecule has 0 aliphatic rings. The zero-order chi connectivity index (χ0) is 10.6. The van der Waals surface area contributed by atoms with E-state index in [0.29, 0.717) is 6.42 Å². The van der Waals surface area contributed by atoms with E-state index in [-0.39, 0.29) is 5.78 Å². The lowest BCUT2D eigenvalue weighted by Crippen LogP contribution is -2.08. The quantitative estimate of drug-likeness (QED) is 0.727. The van der Waals surface area contributed by atoms with E-state index in [1.54, 1.807) is 6.92 Å². The highest BCUT2D eigenvalue weighted by molar-refractivity contribution is 5.75. The molecule has 0 unspecified atom stereocenters. The SMILES string of the molecule is CC(=O)CCc1cccc(N(C)C)c1. The number of Topliss-reactive ketones (excluding diaryl/α,β-unsaturated/α-hetero) is 1. The second kappa shape index (κ2) is 4.80. The standard InChI is InChI=1S/C12H17NO/c1-10(14)7-8-11-5-4-6-12(9-11)13(2)3/h4-6,9H,7-8H2,1-3H3. The lowest BCUT2D eigenvalue weighted by Gasteiger charge is -2.13. The molecule has 76 valence electrons. The van der Waals surface area contributed by atoms with Gasteiger partial charge in [-0.15, -0.1) is 0 Å². The van der Waals surface area contributed by atoms with Crippen LogP contribution in [-0.4, -0.2) is 19.9 Å². The highest BCUT2D eigenvalue weighted by Crippen LogP contribution is 2.14. The third-order valence-corrected chi connectivity index (χ3v) is 2.19. The Morgan fingerprint density at radius 3 is 2.64 bits per heavy atom. The van der Waals surface area contributed by atoms with Crippen LogP contribution < -0.4 is 4.90 Å². The molecule has 0 aliphatic carbocycles. The molecule has 0 N–H and O–H groups in total. The van der Waals surface area contributed by atoms with Crippen molar-refractivity contribution in [3.8, 4) is 0 Å². The van der Waals surface area contributed by atoms with Crippen molar-refractivity contribution in [3.05, 3.63) is 29.8 Å². The van der Waals surface area contributed by atoms with Crippen molar-refractivity contribution in [3.63, 3.8) is 0 Å². The van der Waals surface area contributed by atoms with E-state index in [0.717, 1.165) is 6.42 Å². The van der Waals surface area contributed by atoms with Gasteiger partial charge in [0.25, 0.3) is 0 Å². The van der Waals surface area contributed by atoms with Gasteiger partial charge < -0.3 is 9.69 Å². The summed E-state index contributed by atoms with van der Waals surface area (Å²) in [5.74, 6) is 0.250. The van der Waals surface area contributed by atoms with E-state index in [4.69, 9.17) is 0 Å². The molecule has 0 atom stereocenters. The fourth-order valence-corrected chi connectivity index (χ4v) is 1.31. The van der Waals surface area contributed by atoms with Crippen molar-refractivity contribution in [2.24, 2.45) is 0 Å². The lowest BCUT2D eigenvalue weighted by atomic mass is 10.1. The van der Waals surface area contributed by atoms with Crippen LogP contribution in [0.15, 0.2) is 24.3 Å². The monoisotopic (exact) mass is 191 g/mol. The van der Waals surface area contributed by atoms with Crippen molar-refractivity contribution in [2.45, 2.75) is 19.8 Å². The van der Waals surface area contributed by atoms with E-state index in [1.807, 2.05) is 20.2 Å². The van der Waals surface area contributed by atoms with Crippen LogP contribution in [0.2, 0.25) is 0 Å². The highest BCUT2D eigenvalue weighted by Gasteiger charge is 1.99. The summed E-state index contributed by atoms with van der Waals surface area (Å²) in [7, 11) is 4.04. The molecule has 0 fully saturated rings. The molecule has 0 heterocycles. The first-order chi connectivity index (χ1) is 6.59. The highest BCUT2D eigenvalue weighted by atomic mass is 16.1. The average Bonchev–Trinajstić information content (AvgIpc) is 2.15. The van der Waals surface area contributed by atoms with Gasteiger partial charge in [-0.1, -0.05) is 12.1 Å². The number of ketones is 1. The van der Waals surface area contributed by atoms with E-state index in [9.17, 15) is 4.79 Å². The normalized spacial score (nSPS) is 9.93. The number of hydrogen-bond acceptors (Lipinski definition) is 2. The van der Waals surface area contributed by atoms with Gasteiger partial charge in [-0.05, 0) is 31.0 Å². The Labute approximate surface area is 85.5 Å². The van der Waals surface area contributed by atoms with Crippen molar-refractivity contribution >= 4 is 11.5 Å². The third kappa shape index (κ3) is 3.21. The third-order valence-electron chi connectivity index (χ3n) is 2.19. The van der Waals surface area contributed by atoms with E-state index in [2.05, 4.69) is 23.1 Å². The summed E-state index contributed by atoms with van der Waals surface area (Å²) >= 11 is 0. The maximum Gasteiger partial charge on any atom is 0.130 e. The number of carbonyl (C=O) groups is 1. The van der Waals surface area contributed by atoms with E-state index < -0.39 is 0 Å². The van der Waals surface area contributed by atoms with Gasteiger partial charge in [0.1, 0.15) is 5.78 Å². The fraction of sp³-hybridized carbons (Fsp3) is 0.417. The molecule has 2 nitrogen and oxygen atoms in total. The largest absolute Gasteiger partial charge is 0.378 e. The summed E-state index contributed by atoms with van der Waals surface area (Å²) in [6.45, 7) is 1.63. The van der Waals surface area contributed by atoms with Crippen molar-refractivity contribution in [2.75, 3.05) is 19.0 Å². The predicted octanol–water partition coefficient (Wildman–Crippen LogP) is 2.27. The van der Waals surface area contributed by atoms with Crippen LogP contribution in [0.1, 0.15) is 18.9 Å². The first-order valence-electron chi connectivity index (χ1n) is 4.85. The van der Waals surface area contributed by atoms with E-state index in [1.165, 1.54) is 11.3 Å². The predicted molar refractivity (Wildman–Crippen MR) is 59.8 cm³/mol. The molecule has 0 saturated carbocycles. The summed E-state index contributed by atoms with van der Waals surface area (Å²) in [6, 6.07) is 8.29. The van der Waals surface area contributed by atoms with Crippen molar-refractivity contribution in [1.29, 1.82) is 0 Å². The second-order valence-electron chi connectivity index (χ2n) is 3.77. The van der Waals surface area contributed by atoms with Crippen LogP contribution in [-0.2, 0) is 11.2 Å². The summed E-state index contributed by atoms with van der Waals surface area (Å²) in [4.78, 5) is 12.9. The molecule has 0 radical (unpaired) electrons. The van der Waals surface area contributed by atoms with Crippen LogP contribution >= 0.6 is 0 Å². The maximum absolute atomic E-state index is 10.8. The number of rotatable bonds is 4. The molecule has 14 heavy (non-hydrogen) atoms. The number of anilines is 1. The van der Waals surface area contributed by atoms with Gasteiger partial charge in [-0.3, -0.25) is 0 Å². The number of aryl methyl sites for hydroxylation is 1. The average molecular weight is 191 g/mol. The molecule has 0 spiro atoms. The summed E-state index contributed by atoms with van der Waals surface area (Å²) in [6.07, 6.45) is 1.48. The summed E-state index contributed by atoms with van der Waals surface area (Å²) < 4.78 is 0. The minimum absolute atomic E-state index is 0.250. The smallest absolute Gasteiger partial charge is 0.130 e. The van der Waals surface area contributed by atoms with Crippen LogP contribution in [0.3, 0.4) is 0 Å². The molecule has 0 amide bonds. The fourth-order valence-electron chi connectivity index (χ4n) is 1.31. The second-order valence-corrected chi connectivity index (χ2v) is 3.77.